The molecule has 1 aromatic rings. The minimum atomic E-state index is -0.884. The van der Waals surface area contributed by atoms with Gasteiger partial charge in [0.2, 0.25) is 0 Å². The number of carboxylic acids is 1. The molecule has 0 heterocycles. The fourth-order valence-corrected chi connectivity index (χ4v) is 1.82. The van der Waals surface area contributed by atoms with Crippen molar-refractivity contribution in [2.45, 2.75) is 39.7 Å². The SMILES string of the molecule is CCC(C)N(CCC(=O)O)C(=O)c1ccc(C)cc1. The molecule has 0 spiro atoms. The van der Waals surface area contributed by atoms with Crippen molar-refractivity contribution in [1.29, 1.82) is 0 Å². The lowest BCUT2D eigenvalue weighted by atomic mass is 10.1. The van der Waals surface area contributed by atoms with Gasteiger partial charge in [-0.15, -0.1) is 0 Å². The van der Waals surface area contributed by atoms with E-state index in [-0.39, 0.29) is 24.9 Å². The van der Waals surface area contributed by atoms with E-state index in [0.29, 0.717) is 5.56 Å². The van der Waals surface area contributed by atoms with E-state index in [0.717, 1.165) is 12.0 Å². The van der Waals surface area contributed by atoms with Gasteiger partial charge in [-0.25, -0.2) is 0 Å². The van der Waals surface area contributed by atoms with E-state index in [9.17, 15) is 9.59 Å². The summed E-state index contributed by atoms with van der Waals surface area (Å²) >= 11 is 0. The van der Waals surface area contributed by atoms with E-state index in [1.807, 2.05) is 32.9 Å². The van der Waals surface area contributed by atoms with Gasteiger partial charge in [0.15, 0.2) is 0 Å². The van der Waals surface area contributed by atoms with E-state index in [4.69, 9.17) is 5.11 Å². The van der Waals surface area contributed by atoms with Gasteiger partial charge in [0.05, 0.1) is 6.42 Å². The molecule has 0 aliphatic heterocycles. The van der Waals surface area contributed by atoms with E-state index in [1.54, 1.807) is 17.0 Å². The van der Waals surface area contributed by atoms with Crippen LogP contribution in [0.15, 0.2) is 24.3 Å². The van der Waals surface area contributed by atoms with Crippen molar-refractivity contribution in [3.8, 4) is 0 Å². The maximum atomic E-state index is 12.4. The predicted octanol–water partition coefficient (Wildman–Crippen LogP) is 2.71. The van der Waals surface area contributed by atoms with Crippen molar-refractivity contribution in [2.24, 2.45) is 0 Å². The quantitative estimate of drug-likeness (QED) is 0.858. The van der Waals surface area contributed by atoms with Crippen LogP contribution in [-0.4, -0.2) is 34.5 Å². The van der Waals surface area contributed by atoms with Crippen LogP contribution in [0.3, 0.4) is 0 Å². The lowest BCUT2D eigenvalue weighted by Crippen LogP contribution is -2.39. The van der Waals surface area contributed by atoms with Crippen LogP contribution in [0.5, 0.6) is 0 Å². The Kier molecular flexibility index (Phi) is 5.55. The molecule has 0 fully saturated rings. The molecule has 19 heavy (non-hydrogen) atoms. The summed E-state index contributed by atoms with van der Waals surface area (Å²) < 4.78 is 0. The molecule has 0 aliphatic rings. The number of carboxylic acid groups (broad SMARTS) is 1. The zero-order valence-electron chi connectivity index (χ0n) is 11.7. The van der Waals surface area contributed by atoms with Crippen LogP contribution < -0.4 is 0 Å². The van der Waals surface area contributed by atoms with Crippen LogP contribution in [0, 0.1) is 6.92 Å². The molecule has 1 amide bonds. The summed E-state index contributed by atoms with van der Waals surface area (Å²) in [6.45, 7) is 6.14. The molecule has 4 heteroatoms. The summed E-state index contributed by atoms with van der Waals surface area (Å²) in [5.41, 5.74) is 1.70. The van der Waals surface area contributed by atoms with Crippen LogP contribution in [-0.2, 0) is 4.79 Å². The Morgan fingerprint density at radius 1 is 1.26 bits per heavy atom. The summed E-state index contributed by atoms with van der Waals surface area (Å²) in [6, 6.07) is 7.38. The smallest absolute Gasteiger partial charge is 0.305 e. The van der Waals surface area contributed by atoms with Crippen molar-refractivity contribution in [3.05, 3.63) is 35.4 Å². The normalized spacial score (nSPS) is 11.9. The number of hydrogen-bond acceptors (Lipinski definition) is 2. The Morgan fingerprint density at radius 2 is 1.84 bits per heavy atom. The number of aryl methyl sites for hydroxylation is 1. The zero-order chi connectivity index (χ0) is 14.4. The van der Waals surface area contributed by atoms with E-state index in [2.05, 4.69) is 0 Å². The van der Waals surface area contributed by atoms with Crippen molar-refractivity contribution in [1.82, 2.24) is 4.90 Å². The van der Waals surface area contributed by atoms with Crippen molar-refractivity contribution in [2.75, 3.05) is 6.54 Å². The standard InChI is InChI=1S/C15H21NO3/c1-4-12(3)16(10-9-14(17)18)15(19)13-7-5-11(2)6-8-13/h5-8,12H,4,9-10H2,1-3H3,(H,17,18). The Balaban J connectivity index is 2.87. The fourth-order valence-electron chi connectivity index (χ4n) is 1.82. The molecule has 1 rings (SSSR count). The van der Waals surface area contributed by atoms with E-state index >= 15 is 0 Å². The summed E-state index contributed by atoms with van der Waals surface area (Å²) in [5.74, 6) is -0.986. The van der Waals surface area contributed by atoms with Gasteiger partial charge in [0.1, 0.15) is 0 Å². The van der Waals surface area contributed by atoms with E-state index < -0.39 is 5.97 Å². The maximum absolute atomic E-state index is 12.4. The molecule has 0 aliphatic carbocycles. The van der Waals surface area contributed by atoms with Crippen molar-refractivity contribution in [3.63, 3.8) is 0 Å². The molecule has 4 nitrogen and oxygen atoms in total. The molecule has 0 bridgehead atoms. The van der Waals surface area contributed by atoms with Crippen molar-refractivity contribution >= 4 is 11.9 Å². The largest absolute Gasteiger partial charge is 0.481 e. The Morgan fingerprint density at radius 3 is 2.32 bits per heavy atom. The second-order valence-corrected chi connectivity index (χ2v) is 4.77. The highest BCUT2D eigenvalue weighted by molar-refractivity contribution is 5.94. The maximum Gasteiger partial charge on any atom is 0.305 e. The molecule has 1 atom stereocenters. The number of benzene rings is 1. The molecule has 1 N–H and O–H groups in total. The molecule has 0 radical (unpaired) electrons. The lowest BCUT2D eigenvalue weighted by molar-refractivity contribution is -0.137. The van der Waals surface area contributed by atoms with Gasteiger partial charge < -0.3 is 10.0 Å². The number of rotatable bonds is 6. The Labute approximate surface area is 114 Å². The highest BCUT2D eigenvalue weighted by Gasteiger charge is 2.20. The first-order chi connectivity index (χ1) is 8.95. The lowest BCUT2D eigenvalue weighted by Gasteiger charge is -2.28. The number of aliphatic carboxylic acids is 1. The van der Waals surface area contributed by atoms with Crippen LogP contribution in [0.1, 0.15) is 42.6 Å². The van der Waals surface area contributed by atoms with Gasteiger partial charge in [0, 0.05) is 18.2 Å². The van der Waals surface area contributed by atoms with Crippen LogP contribution in [0.25, 0.3) is 0 Å². The number of carbonyl (C=O) groups is 2. The fraction of sp³-hybridized carbons (Fsp3) is 0.467. The first-order valence-electron chi connectivity index (χ1n) is 6.55. The number of carbonyl (C=O) groups excluding carboxylic acids is 1. The molecular formula is C15H21NO3. The average Bonchev–Trinajstić information content (AvgIpc) is 2.38. The van der Waals surface area contributed by atoms with Crippen molar-refractivity contribution < 1.29 is 14.7 Å². The minimum absolute atomic E-state index is 0.0259. The second kappa shape index (κ2) is 6.92. The highest BCUT2D eigenvalue weighted by atomic mass is 16.4. The molecule has 0 saturated carbocycles. The van der Waals surface area contributed by atoms with Gasteiger partial charge in [-0.3, -0.25) is 9.59 Å². The van der Waals surface area contributed by atoms with Crippen LogP contribution in [0.2, 0.25) is 0 Å². The van der Waals surface area contributed by atoms with Gasteiger partial charge in [-0.2, -0.15) is 0 Å². The third kappa shape index (κ3) is 4.39. The third-order valence-electron chi connectivity index (χ3n) is 3.25. The van der Waals surface area contributed by atoms with Crippen LogP contribution in [0.4, 0.5) is 0 Å². The number of nitrogens with zero attached hydrogens (tertiary/aromatic N) is 1. The minimum Gasteiger partial charge on any atom is -0.481 e. The second-order valence-electron chi connectivity index (χ2n) is 4.77. The average molecular weight is 263 g/mol. The third-order valence-corrected chi connectivity index (χ3v) is 3.25. The Hall–Kier alpha value is -1.84. The summed E-state index contributed by atoms with van der Waals surface area (Å²) in [5, 5.41) is 8.77. The molecule has 0 saturated heterocycles. The summed E-state index contributed by atoms with van der Waals surface area (Å²) in [6.07, 6.45) is 0.777. The Bertz CT molecular complexity index is 439. The van der Waals surface area contributed by atoms with Gasteiger partial charge in [-0.05, 0) is 32.4 Å². The van der Waals surface area contributed by atoms with Gasteiger partial charge in [-0.1, -0.05) is 24.6 Å². The predicted molar refractivity (Wildman–Crippen MR) is 74.2 cm³/mol. The molecule has 1 unspecified atom stereocenters. The van der Waals surface area contributed by atoms with Gasteiger partial charge in [0.25, 0.3) is 5.91 Å². The zero-order valence-corrected chi connectivity index (χ0v) is 11.7. The monoisotopic (exact) mass is 263 g/mol. The number of amides is 1. The summed E-state index contributed by atoms with van der Waals surface area (Å²) in [7, 11) is 0. The first-order valence-corrected chi connectivity index (χ1v) is 6.55. The highest BCUT2D eigenvalue weighted by Crippen LogP contribution is 2.12. The number of hydrogen-bond donors (Lipinski definition) is 1. The van der Waals surface area contributed by atoms with Gasteiger partial charge >= 0.3 is 5.97 Å². The first kappa shape index (κ1) is 15.2. The summed E-state index contributed by atoms with van der Waals surface area (Å²) in [4.78, 5) is 24.7. The molecule has 1 aromatic carbocycles. The van der Waals surface area contributed by atoms with E-state index in [1.165, 1.54) is 0 Å². The molecule has 0 aromatic heterocycles. The molecular weight excluding hydrogens is 242 g/mol. The topological polar surface area (TPSA) is 57.6 Å². The van der Waals surface area contributed by atoms with Crippen LogP contribution >= 0.6 is 0 Å². The molecule has 104 valence electrons.